The van der Waals surface area contributed by atoms with Crippen LogP contribution in [0.25, 0.3) is 0 Å². The Morgan fingerprint density at radius 3 is 2.62 bits per heavy atom. The molecule has 21 heavy (non-hydrogen) atoms. The maximum atomic E-state index is 12.6. The van der Waals surface area contributed by atoms with E-state index in [0.29, 0.717) is 21.2 Å². The van der Waals surface area contributed by atoms with Crippen LogP contribution in [0.5, 0.6) is 0 Å². The van der Waals surface area contributed by atoms with Gasteiger partial charge < -0.3 is 0 Å². The molecule has 0 fully saturated rings. The summed E-state index contributed by atoms with van der Waals surface area (Å²) in [4.78, 5) is 12.6. The fourth-order valence-electron chi connectivity index (χ4n) is 1.88. The number of benzene rings is 2. The minimum Gasteiger partial charge on any atom is -0.289 e. The summed E-state index contributed by atoms with van der Waals surface area (Å²) in [5, 5.41) is 0.677. The molecule has 110 valence electrons. The zero-order valence-electron chi connectivity index (χ0n) is 11.3. The van der Waals surface area contributed by atoms with Crippen LogP contribution < -0.4 is 0 Å². The Labute approximate surface area is 147 Å². The van der Waals surface area contributed by atoms with Gasteiger partial charge in [0, 0.05) is 21.4 Å². The summed E-state index contributed by atoms with van der Waals surface area (Å²) in [6.07, 6.45) is 0. The summed E-state index contributed by atoms with van der Waals surface area (Å²) >= 11 is 17.4. The summed E-state index contributed by atoms with van der Waals surface area (Å²) < 4.78 is 0.776. The molecule has 0 unspecified atom stereocenters. The fourth-order valence-corrected chi connectivity index (χ4v) is 3.49. The fraction of sp³-hybridized carbons (Fsp3) is 0.188. The van der Waals surface area contributed by atoms with Crippen LogP contribution in [0.3, 0.4) is 0 Å². The van der Waals surface area contributed by atoms with Gasteiger partial charge in [0.1, 0.15) is 0 Å². The van der Waals surface area contributed by atoms with Crippen molar-refractivity contribution in [2.45, 2.75) is 12.7 Å². The van der Waals surface area contributed by atoms with E-state index >= 15 is 0 Å². The molecule has 5 heteroatoms. The van der Waals surface area contributed by atoms with Crippen molar-refractivity contribution in [3.63, 3.8) is 0 Å². The van der Waals surface area contributed by atoms with E-state index in [1.54, 1.807) is 18.2 Å². The van der Waals surface area contributed by atoms with E-state index < -0.39 is 0 Å². The SMILES string of the molecule is CCSCc1ccc(C(=O)c2cccc(Cl)c2Cl)c(Br)c1. The molecule has 1 nitrogen and oxygen atoms in total. The molecule has 0 spiro atoms. The first-order chi connectivity index (χ1) is 10.0. The van der Waals surface area contributed by atoms with Crippen LogP contribution in [0.15, 0.2) is 40.9 Å². The quantitative estimate of drug-likeness (QED) is 0.549. The first-order valence-electron chi connectivity index (χ1n) is 6.39. The van der Waals surface area contributed by atoms with Crippen LogP contribution in [0, 0.1) is 0 Å². The third-order valence-electron chi connectivity index (χ3n) is 2.95. The minimum absolute atomic E-state index is 0.135. The Kier molecular flexibility index (Phi) is 6.18. The highest BCUT2D eigenvalue weighted by Gasteiger charge is 2.17. The van der Waals surface area contributed by atoms with E-state index in [0.717, 1.165) is 16.0 Å². The van der Waals surface area contributed by atoms with E-state index in [-0.39, 0.29) is 5.78 Å². The van der Waals surface area contributed by atoms with Gasteiger partial charge in [-0.1, -0.05) is 58.2 Å². The summed E-state index contributed by atoms with van der Waals surface area (Å²) in [5.41, 5.74) is 2.19. The Morgan fingerprint density at radius 1 is 1.19 bits per heavy atom. The van der Waals surface area contributed by atoms with Gasteiger partial charge in [0.25, 0.3) is 0 Å². The molecular formula is C16H13BrCl2OS. The summed E-state index contributed by atoms with van der Waals surface area (Å²) in [6.45, 7) is 2.12. The molecule has 2 rings (SSSR count). The lowest BCUT2D eigenvalue weighted by molar-refractivity contribution is 0.103. The monoisotopic (exact) mass is 402 g/mol. The number of ketones is 1. The predicted molar refractivity (Wildman–Crippen MR) is 95.9 cm³/mol. The van der Waals surface area contributed by atoms with E-state index in [4.69, 9.17) is 23.2 Å². The zero-order chi connectivity index (χ0) is 15.4. The Balaban J connectivity index is 2.33. The van der Waals surface area contributed by atoms with Crippen molar-refractivity contribution in [2.75, 3.05) is 5.75 Å². The minimum atomic E-state index is -0.135. The van der Waals surface area contributed by atoms with Gasteiger partial charge in [-0.3, -0.25) is 4.79 Å². The van der Waals surface area contributed by atoms with Crippen LogP contribution in [-0.4, -0.2) is 11.5 Å². The van der Waals surface area contributed by atoms with Crippen molar-refractivity contribution >= 4 is 56.7 Å². The highest BCUT2D eigenvalue weighted by molar-refractivity contribution is 9.10. The van der Waals surface area contributed by atoms with Gasteiger partial charge in [0.2, 0.25) is 0 Å². The number of thioether (sulfide) groups is 1. The lowest BCUT2D eigenvalue weighted by atomic mass is 10.0. The average molecular weight is 404 g/mol. The maximum absolute atomic E-state index is 12.6. The summed E-state index contributed by atoms with van der Waals surface area (Å²) in [6, 6.07) is 10.9. The normalized spacial score (nSPS) is 10.7. The molecule has 0 aliphatic rings. The van der Waals surface area contributed by atoms with Crippen LogP contribution in [0.2, 0.25) is 10.0 Å². The van der Waals surface area contributed by atoms with Gasteiger partial charge >= 0.3 is 0 Å². The predicted octanol–water partition coefficient (Wildman–Crippen LogP) is 6.24. The smallest absolute Gasteiger partial charge is 0.195 e. The van der Waals surface area contributed by atoms with Gasteiger partial charge in [0.15, 0.2) is 5.78 Å². The second kappa shape index (κ2) is 7.68. The number of carbonyl (C=O) groups is 1. The molecule has 0 N–H and O–H groups in total. The molecule has 0 heterocycles. The topological polar surface area (TPSA) is 17.1 Å². The molecular weight excluding hydrogens is 391 g/mol. The van der Waals surface area contributed by atoms with Crippen LogP contribution in [0.1, 0.15) is 28.4 Å². The lowest BCUT2D eigenvalue weighted by Crippen LogP contribution is -2.04. The van der Waals surface area contributed by atoms with Crippen molar-refractivity contribution < 1.29 is 4.79 Å². The second-order valence-corrected chi connectivity index (χ2v) is 7.30. The highest BCUT2D eigenvalue weighted by Crippen LogP contribution is 2.30. The molecule has 0 aliphatic carbocycles. The highest BCUT2D eigenvalue weighted by atomic mass is 79.9. The van der Waals surface area contributed by atoms with Crippen molar-refractivity contribution in [3.8, 4) is 0 Å². The van der Waals surface area contributed by atoms with Gasteiger partial charge in [-0.05, 0) is 35.6 Å². The second-order valence-electron chi connectivity index (χ2n) is 4.38. The summed E-state index contributed by atoms with van der Waals surface area (Å²) in [7, 11) is 0. The zero-order valence-corrected chi connectivity index (χ0v) is 15.2. The van der Waals surface area contributed by atoms with Gasteiger partial charge in [-0.2, -0.15) is 11.8 Å². The van der Waals surface area contributed by atoms with Crippen molar-refractivity contribution in [1.29, 1.82) is 0 Å². The molecule has 0 amide bonds. The van der Waals surface area contributed by atoms with Crippen molar-refractivity contribution in [3.05, 3.63) is 67.6 Å². The third kappa shape index (κ3) is 4.04. The molecule has 2 aromatic carbocycles. The van der Waals surface area contributed by atoms with Crippen molar-refractivity contribution in [1.82, 2.24) is 0 Å². The average Bonchev–Trinajstić information content (AvgIpc) is 2.47. The van der Waals surface area contributed by atoms with Crippen LogP contribution in [0.4, 0.5) is 0 Å². The largest absolute Gasteiger partial charge is 0.289 e. The molecule has 0 aromatic heterocycles. The van der Waals surface area contributed by atoms with Gasteiger partial charge in [-0.15, -0.1) is 0 Å². The Morgan fingerprint density at radius 2 is 1.95 bits per heavy atom. The van der Waals surface area contributed by atoms with E-state index in [1.165, 1.54) is 5.56 Å². The van der Waals surface area contributed by atoms with E-state index in [1.807, 2.05) is 30.0 Å². The first-order valence-corrected chi connectivity index (χ1v) is 9.09. The van der Waals surface area contributed by atoms with Crippen LogP contribution >= 0.6 is 50.9 Å². The number of rotatable bonds is 5. The molecule has 0 bridgehead atoms. The maximum Gasteiger partial charge on any atom is 0.195 e. The van der Waals surface area contributed by atoms with E-state index in [2.05, 4.69) is 22.9 Å². The Bertz CT molecular complexity index is 673. The van der Waals surface area contributed by atoms with Gasteiger partial charge in [0.05, 0.1) is 10.0 Å². The molecule has 0 atom stereocenters. The number of halogens is 3. The van der Waals surface area contributed by atoms with Crippen LogP contribution in [-0.2, 0) is 5.75 Å². The summed E-state index contributed by atoms with van der Waals surface area (Å²) in [5.74, 6) is 1.86. The molecule has 0 aliphatic heterocycles. The first kappa shape index (κ1) is 16.9. The van der Waals surface area contributed by atoms with Crippen molar-refractivity contribution in [2.24, 2.45) is 0 Å². The molecule has 0 saturated carbocycles. The number of hydrogen-bond donors (Lipinski definition) is 0. The van der Waals surface area contributed by atoms with E-state index in [9.17, 15) is 4.79 Å². The Hall–Kier alpha value is -0.480. The lowest BCUT2D eigenvalue weighted by Gasteiger charge is -2.08. The van der Waals surface area contributed by atoms with Gasteiger partial charge in [-0.25, -0.2) is 0 Å². The molecule has 0 radical (unpaired) electrons. The third-order valence-corrected chi connectivity index (χ3v) is 5.37. The standard InChI is InChI=1S/C16H13BrCl2OS/c1-2-21-9-10-6-7-11(13(17)8-10)16(20)12-4-3-5-14(18)15(12)19/h3-8H,2,9H2,1H3. The molecule has 2 aromatic rings. The molecule has 0 saturated heterocycles. The number of hydrogen-bond acceptors (Lipinski definition) is 2. The number of carbonyl (C=O) groups excluding carboxylic acids is 1.